The fourth-order valence-electron chi connectivity index (χ4n) is 2.85. The third-order valence-corrected chi connectivity index (χ3v) is 4.10. The van der Waals surface area contributed by atoms with Crippen LogP contribution in [-0.4, -0.2) is 48.4 Å². The van der Waals surface area contributed by atoms with E-state index in [0.29, 0.717) is 5.56 Å². The first kappa shape index (κ1) is 15.5. The monoisotopic (exact) mass is 316 g/mol. The van der Waals surface area contributed by atoms with Crippen LogP contribution < -0.4 is 16.0 Å². The highest BCUT2D eigenvalue weighted by molar-refractivity contribution is 6.02. The molecule has 0 aromatic heterocycles. The highest BCUT2D eigenvalue weighted by atomic mass is 16.2. The number of hydrogen-bond acceptors (Lipinski definition) is 4. The number of nitrogens with one attached hydrogen (secondary N) is 3. The lowest BCUT2D eigenvalue weighted by Gasteiger charge is -2.24. The van der Waals surface area contributed by atoms with E-state index in [1.807, 2.05) is 0 Å². The average molecular weight is 316 g/mol. The van der Waals surface area contributed by atoms with Gasteiger partial charge in [0, 0.05) is 18.2 Å². The standard InChI is InChI=1S/C16H20N4O3/c21-14-9-18-16(23)20(14)10-11-3-1-4-12(7-11)15(22)19-13-5-2-6-17-8-13/h1,3-4,7,13,17H,2,5-6,8-10H2,(H,18,23)(H,19,22)/t13-/m0/s1. The van der Waals surface area contributed by atoms with Gasteiger partial charge in [-0.05, 0) is 37.1 Å². The summed E-state index contributed by atoms with van der Waals surface area (Å²) in [6, 6.07) is 6.79. The number of urea groups is 1. The Morgan fingerprint density at radius 2 is 2.22 bits per heavy atom. The maximum Gasteiger partial charge on any atom is 0.324 e. The van der Waals surface area contributed by atoms with Crippen LogP contribution in [0.1, 0.15) is 28.8 Å². The van der Waals surface area contributed by atoms with Crippen molar-refractivity contribution in [3.05, 3.63) is 35.4 Å². The van der Waals surface area contributed by atoms with E-state index in [2.05, 4.69) is 16.0 Å². The number of hydrogen-bond donors (Lipinski definition) is 3. The summed E-state index contributed by atoms with van der Waals surface area (Å²) in [4.78, 5) is 36.7. The Morgan fingerprint density at radius 1 is 1.35 bits per heavy atom. The summed E-state index contributed by atoms with van der Waals surface area (Å²) in [6.45, 7) is 1.99. The Labute approximate surface area is 134 Å². The van der Waals surface area contributed by atoms with Crippen LogP contribution in [-0.2, 0) is 11.3 Å². The van der Waals surface area contributed by atoms with Crippen LogP contribution in [0.25, 0.3) is 0 Å². The molecule has 7 heteroatoms. The predicted octanol–water partition coefficient (Wildman–Crippen LogP) is 0.220. The first-order valence-corrected chi connectivity index (χ1v) is 7.82. The van der Waals surface area contributed by atoms with Crippen LogP contribution in [0.15, 0.2) is 24.3 Å². The molecule has 0 bridgehead atoms. The van der Waals surface area contributed by atoms with Gasteiger partial charge in [-0.25, -0.2) is 4.79 Å². The number of benzene rings is 1. The third kappa shape index (κ3) is 3.68. The van der Waals surface area contributed by atoms with Gasteiger partial charge in [0.15, 0.2) is 0 Å². The van der Waals surface area contributed by atoms with E-state index in [0.717, 1.165) is 36.4 Å². The molecule has 2 fully saturated rings. The van der Waals surface area contributed by atoms with E-state index in [-0.39, 0.29) is 30.9 Å². The summed E-state index contributed by atoms with van der Waals surface area (Å²) < 4.78 is 0. The maximum atomic E-state index is 12.3. The SMILES string of the molecule is O=C(N[C@H]1CCCNC1)c1cccc(CN2C(=O)CNC2=O)c1. The normalized spacial score (nSPS) is 21.2. The molecule has 0 unspecified atom stereocenters. The van der Waals surface area contributed by atoms with E-state index in [1.165, 1.54) is 0 Å². The molecule has 2 saturated heterocycles. The van der Waals surface area contributed by atoms with Gasteiger partial charge in [0.2, 0.25) is 5.91 Å². The molecular weight excluding hydrogens is 296 g/mol. The number of carbonyl (C=O) groups excluding carboxylic acids is 3. The lowest BCUT2D eigenvalue weighted by molar-refractivity contribution is -0.125. The number of carbonyl (C=O) groups is 3. The fourth-order valence-corrected chi connectivity index (χ4v) is 2.85. The van der Waals surface area contributed by atoms with Gasteiger partial charge in [0.05, 0.1) is 13.1 Å². The molecule has 4 amide bonds. The van der Waals surface area contributed by atoms with Gasteiger partial charge >= 0.3 is 6.03 Å². The summed E-state index contributed by atoms with van der Waals surface area (Å²) in [7, 11) is 0. The molecule has 0 saturated carbocycles. The number of rotatable bonds is 4. The summed E-state index contributed by atoms with van der Waals surface area (Å²) in [5, 5.41) is 8.75. The van der Waals surface area contributed by atoms with Crippen LogP contribution in [0.5, 0.6) is 0 Å². The van der Waals surface area contributed by atoms with Crippen molar-refractivity contribution < 1.29 is 14.4 Å². The van der Waals surface area contributed by atoms with Crippen molar-refractivity contribution in [1.82, 2.24) is 20.9 Å². The highest BCUT2D eigenvalue weighted by Gasteiger charge is 2.28. The molecule has 1 atom stereocenters. The highest BCUT2D eigenvalue weighted by Crippen LogP contribution is 2.12. The van der Waals surface area contributed by atoms with Crippen LogP contribution in [0.3, 0.4) is 0 Å². The van der Waals surface area contributed by atoms with Crippen LogP contribution in [0.2, 0.25) is 0 Å². The van der Waals surface area contributed by atoms with E-state index < -0.39 is 6.03 Å². The Morgan fingerprint density at radius 3 is 2.91 bits per heavy atom. The van der Waals surface area contributed by atoms with Crippen molar-refractivity contribution in [3.63, 3.8) is 0 Å². The smallest absolute Gasteiger partial charge is 0.324 e. The first-order chi connectivity index (χ1) is 11.1. The van der Waals surface area contributed by atoms with Gasteiger partial charge in [-0.2, -0.15) is 0 Å². The van der Waals surface area contributed by atoms with E-state index in [1.54, 1.807) is 24.3 Å². The minimum absolute atomic E-state index is 0.0354. The lowest BCUT2D eigenvalue weighted by atomic mass is 10.1. The zero-order valence-corrected chi connectivity index (χ0v) is 12.8. The number of piperidine rings is 1. The molecule has 0 spiro atoms. The molecule has 3 rings (SSSR count). The van der Waals surface area contributed by atoms with E-state index >= 15 is 0 Å². The molecule has 2 heterocycles. The molecule has 0 radical (unpaired) electrons. The molecule has 1 aromatic carbocycles. The molecule has 2 aliphatic heterocycles. The Hall–Kier alpha value is -2.41. The molecule has 1 aromatic rings. The zero-order valence-electron chi connectivity index (χ0n) is 12.8. The van der Waals surface area contributed by atoms with Gasteiger partial charge in [-0.15, -0.1) is 0 Å². The van der Waals surface area contributed by atoms with Crippen molar-refractivity contribution in [2.75, 3.05) is 19.6 Å². The lowest BCUT2D eigenvalue weighted by Crippen LogP contribution is -2.45. The summed E-state index contributed by atoms with van der Waals surface area (Å²) in [5.41, 5.74) is 1.30. The van der Waals surface area contributed by atoms with Crippen LogP contribution in [0.4, 0.5) is 4.79 Å². The van der Waals surface area contributed by atoms with Crippen molar-refractivity contribution in [3.8, 4) is 0 Å². The largest absolute Gasteiger partial charge is 0.348 e. The van der Waals surface area contributed by atoms with Gasteiger partial charge in [-0.3, -0.25) is 14.5 Å². The second-order valence-corrected chi connectivity index (χ2v) is 5.86. The van der Waals surface area contributed by atoms with E-state index in [4.69, 9.17) is 0 Å². The second-order valence-electron chi connectivity index (χ2n) is 5.86. The third-order valence-electron chi connectivity index (χ3n) is 4.10. The van der Waals surface area contributed by atoms with Crippen LogP contribution in [0, 0.1) is 0 Å². The quantitative estimate of drug-likeness (QED) is 0.693. The predicted molar refractivity (Wildman–Crippen MR) is 83.7 cm³/mol. The number of amides is 4. The van der Waals surface area contributed by atoms with Crippen molar-refractivity contribution in [2.24, 2.45) is 0 Å². The van der Waals surface area contributed by atoms with Crippen molar-refractivity contribution in [1.29, 1.82) is 0 Å². The summed E-state index contributed by atoms with van der Waals surface area (Å²) in [6.07, 6.45) is 2.03. The molecule has 2 aliphatic rings. The Kier molecular flexibility index (Phi) is 4.57. The molecule has 7 nitrogen and oxygen atoms in total. The van der Waals surface area contributed by atoms with E-state index in [9.17, 15) is 14.4 Å². The van der Waals surface area contributed by atoms with Crippen molar-refractivity contribution >= 4 is 17.8 Å². The molecule has 23 heavy (non-hydrogen) atoms. The van der Waals surface area contributed by atoms with Crippen molar-refractivity contribution in [2.45, 2.75) is 25.4 Å². The molecule has 0 aliphatic carbocycles. The molecule has 3 N–H and O–H groups in total. The minimum atomic E-state index is -0.391. The summed E-state index contributed by atoms with van der Waals surface area (Å²) >= 11 is 0. The van der Waals surface area contributed by atoms with Gasteiger partial charge < -0.3 is 16.0 Å². The molecular formula is C16H20N4O3. The zero-order chi connectivity index (χ0) is 16.2. The number of nitrogens with zero attached hydrogens (tertiary/aromatic N) is 1. The van der Waals surface area contributed by atoms with Crippen LogP contribution >= 0.6 is 0 Å². The Bertz CT molecular complexity index is 610. The molecule has 122 valence electrons. The summed E-state index contributed by atoms with van der Waals surface area (Å²) in [5.74, 6) is -0.379. The first-order valence-electron chi connectivity index (χ1n) is 7.82. The van der Waals surface area contributed by atoms with Gasteiger partial charge in [-0.1, -0.05) is 12.1 Å². The fraction of sp³-hybridized carbons (Fsp3) is 0.438. The minimum Gasteiger partial charge on any atom is -0.348 e. The average Bonchev–Trinajstić information content (AvgIpc) is 2.88. The number of imide groups is 1. The maximum absolute atomic E-state index is 12.3. The van der Waals surface area contributed by atoms with Gasteiger partial charge in [0.25, 0.3) is 5.91 Å². The topological polar surface area (TPSA) is 90.5 Å². The Balaban J connectivity index is 1.65. The second kappa shape index (κ2) is 6.78. The van der Waals surface area contributed by atoms with Gasteiger partial charge in [0.1, 0.15) is 0 Å².